The number of nitrogens with two attached hydrogens (primary N) is 2. The molecule has 5 N–H and O–H groups in total. The van der Waals surface area contributed by atoms with Crippen LogP contribution in [0.4, 0.5) is 10.7 Å². The second-order valence-electron chi connectivity index (χ2n) is 3.69. The van der Waals surface area contributed by atoms with Crippen LogP contribution in [-0.2, 0) is 9.84 Å². The monoisotopic (exact) mass is 302 g/mol. The van der Waals surface area contributed by atoms with Gasteiger partial charge in [0.2, 0.25) is 0 Å². The molecule has 7 nitrogen and oxygen atoms in total. The number of hydrogen-bond acceptors (Lipinski definition) is 7. The number of amides is 1. The number of sulfone groups is 1. The minimum Gasteiger partial charge on any atom is -0.396 e. The summed E-state index contributed by atoms with van der Waals surface area (Å²) in [5, 5.41) is 12.1. The van der Waals surface area contributed by atoms with Crippen LogP contribution in [-0.4, -0.2) is 32.4 Å². The Morgan fingerprint density at radius 1 is 1.53 bits per heavy atom. The van der Waals surface area contributed by atoms with E-state index in [0.29, 0.717) is 5.00 Å². The lowest BCUT2D eigenvalue weighted by atomic mass is 10.2. The third kappa shape index (κ3) is 3.59. The largest absolute Gasteiger partial charge is 0.396 e. The molecule has 1 aromatic rings. The average molecular weight is 302 g/mol. The smallest absolute Gasteiger partial charge is 0.261 e. The van der Waals surface area contributed by atoms with Crippen LogP contribution in [0.1, 0.15) is 22.2 Å². The van der Waals surface area contributed by atoms with Crippen molar-refractivity contribution in [3.05, 3.63) is 10.4 Å². The molecule has 0 fully saturated rings. The van der Waals surface area contributed by atoms with Gasteiger partial charge >= 0.3 is 0 Å². The molecule has 0 spiro atoms. The van der Waals surface area contributed by atoms with Gasteiger partial charge in [0.15, 0.2) is 9.84 Å². The molecule has 0 aliphatic carbocycles. The van der Waals surface area contributed by atoms with Gasteiger partial charge in [-0.15, -0.1) is 11.3 Å². The van der Waals surface area contributed by atoms with Crippen molar-refractivity contribution in [3.8, 4) is 6.07 Å². The normalized spacial score (nSPS) is 10.9. The van der Waals surface area contributed by atoms with E-state index >= 15 is 0 Å². The quantitative estimate of drug-likeness (QED) is 0.683. The molecule has 0 radical (unpaired) electrons. The molecular weight excluding hydrogens is 288 g/mol. The lowest BCUT2D eigenvalue weighted by Gasteiger charge is -2.04. The van der Waals surface area contributed by atoms with Crippen LogP contribution in [0.15, 0.2) is 0 Å². The molecule has 0 atom stereocenters. The molecule has 0 saturated carbocycles. The van der Waals surface area contributed by atoms with Gasteiger partial charge in [0, 0.05) is 12.3 Å². The first-order valence-corrected chi connectivity index (χ1v) is 8.02. The highest BCUT2D eigenvalue weighted by Crippen LogP contribution is 2.34. The number of carbonyl (C=O) groups is 1. The predicted molar refractivity (Wildman–Crippen MR) is 74.8 cm³/mol. The van der Waals surface area contributed by atoms with Crippen LogP contribution in [0, 0.1) is 11.3 Å². The Labute approximate surface area is 115 Å². The minimum atomic E-state index is -3.09. The van der Waals surface area contributed by atoms with Crippen LogP contribution in [0.3, 0.4) is 0 Å². The van der Waals surface area contributed by atoms with Crippen molar-refractivity contribution in [2.45, 2.75) is 6.92 Å². The lowest BCUT2D eigenvalue weighted by molar-refractivity contribution is 0.100. The Balaban J connectivity index is 2.88. The van der Waals surface area contributed by atoms with E-state index in [1.165, 1.54) is 0 Å². The number of hydrogen-bond donors (Lipinski definition) is 3. The maximum absolute atomic E-state index is 11.3. The maximum atomic E-state index is 11.3. The fraction of sp³-hybridized carbons (Fsp3) is 0.400. The highest BCUT2D eigenvalue weighted by atomic mass is 32.2. The standard InChI is InChI=1S/C10H14N4O3S2/c1-2-19(16,17)4-3-14-10-6(5-11)7(12)8(18-10)9(13)15/h14H,2-4,12H2,1H3,(H2,13,15). The molecule has 0 aliphatic rings. The van der Waals surface area contributed by atoms with Gasteiger partial charge in [-0.2, -0.15) is 5.26 Å². The van der Waals surface area contributed by atoms with Gasteiger partial charge in [-0.3, -0.25) is 4.79 Å². The number of nitrogens with zero attached hydrogens (tertiary/aromatic N) is 1. The fourth-order valence-electron chi connectivity index (χ4n) is 1.33. The summed E-state index contributed by atoms with van der Waals surface area (Å²) >= 11 is 0.949. The van der Waals surface area contributed by atoms with E-state index in [4.69, 9.17) is 16.7 Å². The number of rotatable bonds is 6. The van der Waals surface area contributed by atoms with Crippen LogP contribution in [0.25, 0.3) is 0 Å². The fourth-order valence-corrected chi connectivity index (χ4v) is 2.98. The van der Waals surface area contributed by atoms with Gasteiger partial charge in [-0.05, 0) is 0 Å². The minimum absolute atomic E-state index is 0.0286. The van der Waals surface area contributed by atoms with Crippen molar-refractivity contribution in [2.75, 3.05) is 29.1 Å². The lowest BCUT2D eigenvalue weighted by Crippen LogP contribution is -2.17. The first-order chi connectivity index (χ1) is 8.82. The summed E-state index contributed by atoms with van der Waals surface area (Å²) in [6, 6.07) is 1.87. The zero-order valence-corrected chi connectivity index (χ0v) is 11.9. The van der Waals surface area contributed by atoms with Crippen molar-refractivity contribution in [3.63, 3.8) is 0 Å². The molecule has 0 saturated heterocycles. The third-order valence-corrected chi connectivity index (χ3v) is 5.30. The van der Waals surface area contributed by atoms with Gasteiger partial charge in [0.1, 0.15) is 21.5 Å². The Morgan fingerprint density at radius 3 is 2.63 bits per heavy atom. The molecule has 1 rings (SSSR count). The molecule has 19 heavy (non-hydrogen) atoms. The van der Waals surface area contributed by atoms with E-state index in [9.17, 15) is 13.2 Å². The van der Waals surface area contributed by atoms with Gasteiger partial charge < -0.3 is 16.8 Å². The van der Waals surface area contributed by atoms with E-state index < -0.39 is 15.7 Å². The van der Waals surface area contributed by atoms with E-state index in [0.717, 1.165) is 11.3 Å². The third-order valence-electron chi connectivity index (χ3n) is 2.42. The van der Waals surface area contributed by atoms with Crippen LogP contribution < -0.4 is 16.8 Å². The first-order valence-electron chi connectivity index (χ1n) is 5.38. The zero-order valence-electron chi connectivity index (χ0n) is 10.3. The van der Waals surface area contributed by atoms with Gasteiger partial charge in [-0.1, -0.05) is 6.92 Å². The van der Waals surface area contributed by atoms with Crippen LogP contribution >= 0.6 is 11.3 Å². The molecular formula is C10H14N4O3S2. The summed E-state index contributed by atoms with van der Waals surface area (Å²) in [7, 11) is -3.09. The topological polar surface area (TPSA) is 139 Å². The predicted octanol–water partition coefficient (Wildman–Crippen LogP) is 0.147. The summed E-state index contributed by atoms with van der Waals surface area (Å²) in [6.07, 6.45) is 0. The molecule has 1 amide bonds. The molecule has 0 unspecified atom stereocenters. The summed E-state index contributed by atoms with van der Waals surface area (Å²) in [6.45, 7) is 1.70. The molecule has 1 aromatic heterocycles. The average Bonchev–Trinajstić information content (AvgIpc) is 2.66. The second-order valence-corrected chi connectivity index (χ2v) is 7.18. The van der Waals surface area contributed by atoms with E-state index in [1.54, 1.807) is 6.92 Å². The van der Waals surface area contributed by atoms with Crippen LogP contribution in [0.2, 0.25) is 0 Å². The van der Waals surface area contributed by atoms with Gasteiger partial charge in [-0.25, -0.2) is 8.42 Å². The number of nitriles is 1. The van der Waals surface area contributed by atoms with E-state index in [2.05, 4.69) is 5.32 Å². The van der Waals surface area contributed by atoms with Crippen LogP contribution in [0.5, 0.6) is 0 Å². The highest BCUT2D eigenvalue weighted by Gasteiger charge is 2.19. The molecule has 0 aromatic carbocycles. The number of carbonyl (C=O) groups excluding carboxylic acids is 1. The second kappa shape index (κ2) is 5.90. The molecule has 1 heterocycles. The summed E-state index contributed by atoms with van der Waals surface area (Å²) < 4.78 is 22.6. The molecule has 0 aliphatic heterocycles. The first kappa shape index (κ1) is 15.3. The summed E-state index contributed by atoms with van der Waals surface area (Å²) in [5.74, 6) is -0.718. The molecule has 104 valence electrons. The van der Waals surface area contributed by atoms with Crippen molar-refractivity contribution >= 4 is 37.8 Å². The van der Waals surface area contributed by atoms with Crippen molar-refractivity contribution in [1.29, 1.82) is 5.26 Å². The van der Waals surface area contributed by atoms with Gasteiger partial charge in [0.25, 0.3) is 5.91 Å². The SMILES string of the molecule is CCS(=O)(=O)CCNc1sc(C(N)=O)c(N)c1C#N. The van der Waals surface area contributed by atoms with Crippen molar-refractivity contribution in [2.24, 2.45) is 5.73 Å². The highest BCUT2D eigenvalue weighted by molar-refractivity contribution is 7.91. The Kier molecular flexibility index (Phi) is 4.74. The maximum Gasteiger partial charge on any atom is 0.261 e. The number of nitrogens with one attached hydrogen (secondary N) is 1. The number of nitrogen functional groups attached to an aromatic ring is 1. The number of primary amides is 1. The zero-order chi connectivity index (χ0) is 14.6. The van der Waals surface area contributed by atoms with Gasteiger partial charge in [0.05, 0.1) is 11.4 Å². The van der Waals surface area contributed by atoms with Crippen molar-refractivity contribution in [1.82, 2.24) is 0 Å². The Hall–Kier alpha value is -1.79. The van der Waals surface area contributed by atoms with E-state index in [-0.39, 0.29) is 34.2 Å². The Morgan fingerprint density at radius 2 is 2.16 bits per heavy atom. The molecule has 9 heteroatoms. The number of anilines is 2. The Bertz CT molecular complexity index is 628. The van der Waals surface area contributed by atoms with E-state index in [1.807, 2.05) is 6.07 Å². The summed E-state index contributed by atoms with van der Waals surface area (Å²) in [4.78, 5) is 11.2. The summed E-state index contributed by atoms with van der Waals surface area (Å²) in [5.41, 5.74) is 10.9. The van der Waals surface area contributed by atoms with Crippen molar-refractivity contribution < 1.29 is 13.2 Å². The molecule has 0 bridgehead atoms. The number of thiophene rings is 1.